The van der Waals surface area contributed by atoms with Crippen molar-refractivity contribution in [3.05, 3.63) is 21.3 Å². The fourth-order valence-electron chi connectivity index (χ4n) is 1.50. The Morgan fingerprint density at radius 2 is 1.84 bits per heavy atom. The van der Waals surface area contributed by atoms with Crippen LogP contribution in [0.4, 0.5) is 0 Å². The van der Waals surface area contributed by atoms with E-state index in [1.54, 1.807) is 0 Å². The molecule has 104 valence electrons. The van der Waals surface area contributed by atoms with E-state index < -0.39 is 18.4 Å². The molecule has 5 nitrogen and oxygen atoms in total. The van der Waals surface area contributed by atoms with Crippen molar-refractivity contribution < 1.29 is 19.4 Å². The van der Waals surface area contributed by atoms with Crippen LogP contribution in [0.2, 0.25) is 10.0 Å². The van der Waals surface area contributed by atoms with Gasteiger partial charge in [-0.05, 0) is 18.4 Å². The second-order valence-corrected chi connectivity index (χ2v) is 4.48. The molecular formula is C12H13Cl2NO4. The molecule has 0 saturated heterocycles. The molecular weight excluding hydrogens is 293 g/mol. The van der Waals surface area contributed by atoms with E-state index >= 15 is 0 Å². The molecule has 0 saturated carbocycles. The van der Waals surface area contributed by atoms with Gasteiger partial charge < -0.3 is 9.84 Å². The van der Waals surface area contributed by atoms with Crippen LogP contribution in [0.1, 0.15) is 31.5 Å². The lowest BCUT2D eigenvalue weighted by atomic mass is 10.1. The molecule has 0 aliphatic carbocycles. The zero-order valence-electron chi connectivity index (χ0n) is 10.5. The van der Waals surface area contributed by atoms with Gasteiger partial charge in [0.25, 0.3) is 0 Å². The number of aliphatic carboxylic acids is 1. The normalized spacial score (nSPS) is 10.3. The summed E-state index contributed by atoms with van der Waals surface area (Å²) >= 11 is 12.2. The second kappa shape index (κ2) is 6.73. The topological polar surface area (TPSA) is 76.5 Å². The third kappa shape index (κ3) is 3.81. The maximum absolute atomic E-state index is 11.3. The van der Waals surface area contributed by atoms with E-state index in [1.165, 1.54) is 0 Å². The van der Waals surface area contributed by atoms with Crippen LogP contribution in [0, 0.1) is 0 Å². The van der Waals surface area contributed by atoms with Gasteiger partial charge in [0.15, 0.2) is 0 Å². The molecule has 0 atom stereocenters. The van der Waals surface area contributed by atoms with Gasteiger partial charge in [-0.15, -0.1) is 0 Å². The number of ether oxygens (including phenoxy) is 1. The fraction of sp³-hybridized carbons (Fsp3) is 0.417. The number of nitrogens with zero attached hydrogens (tertiary/aromatic N) is 1. The van der Waals surface area contributed by atoms with Gasteiger partial charge in [0.2, 0.25) is 5.88 Å². The van der Waals surface area contributed by atoms with Crippen molar-refractivity contribution in [1.29, 1.82) is 0 Å². The Bertz CT molecular complexity index is 517. The van der Waals surface area contributed by atoms with Crippen LogP contribution in [0.3, 0.4) is 0 Å². The summed E-state index contributed by atoms with van der Waals surface area (Å²) < 4.78 is 4.87. The molecule has 19 heavy (non-hydrogen) atoms. The highest BCUT2D eigenvalue weighted by Gasteiger charge is 2.19. The number of carboxylic acid groups (broad SMARTS) is 1. The van der Waals surface area contributed by atoms with Crippen LogP contribution < -0.4 is 4.74 Å². The van der Waals surface area contributed by atoms with E-state index in [-0.39, 0.29) is 10.9 Å². The summed E-state index contributed by atoms with van der Waals surface area (Å²) in [6.45, 7) is 3.71. The van der Waals surface area contributed by atoms with E-state index in [2.05, 4.69) is 4.98 Å². The summed E-state index contributed by atoms with van der Waals surface area (Å²) in [5.74, 6) is -2.29. The van der Waals surface area contributed by atoms with Crippen molar-refractivity contribution in [2.24, 2.45) is 0 Å². The van der Waals surface area contributed by atoms with Crippen LogP contribution in [0.5, 0.6) is 5.88 Å². The van der Waals surface area contributed by atoms with Crippen LogP contribution in [-0.2, 0) is 22.4 Å². The molecule has 7 heteroatoms. The lowest BCUT2D eigenvalue weighted by Crippen LogP contribution is -2.15. The highest BCUT2D eigenvalue weighted by Crippen LogP contribution is 2.34. The van der Waals surface area contributed by atoms with Gasteiger partial charge in [-0.2, -0.15) is 0 Å². The Morgan fingerprint density at radius 1 is 1.21 bits per heavy atom. The van der Waals surface area contributed by atoms with Crippen LogP contribution in [-0.4, -0.2) is 22.0 Å². The fourth-order valence-corrected chi connectivity index (χ4v) is 2.26. The lowest BCUT2D eigenvalue weighted by molar-refractivity contribution is -0.145. The minimum absolute atomic E-state index is 0.0917. The number of pyridine rings is 1. The van der Waals surface area contributed by atoms with Gasteiger partial charge in [-0.25, -0.2) is 4.98 Å². The van der Waals surface area contributed by atoms with Crippen LogP contribution >= 0.6 is 23.2 Å². The number of halogens is 2. The number of carbonyl (C=O) groups is 2. The number of hydrogen-bond donors (Lipinski definition) is 1. The maximum Gasteiger partial charge on any atom is 0.323 e. The molecule has 1 aromatic rings. The maximum atomic E-state index is 11.3. The predicted molar refractivity (Wildman–Crippen MR) is 70.9 cm³/mol. The van der Waals surface area contributed by atoms with Gasteiger partial charge in [0, 0.05) is 0 Å². The Balaban J connectivity index is 3.14. The third-order valence-corrected chi connectivity index (χ3v) is 3.24. The first kappa shape index (κ1) is 15.7. The number of carboxylic acids is 1. The Morgan fingerprint density at radius 3 is 2.32 bits per heavy atom. The average Bonchev–Trinajstić information content (AvgIpc) is 2.32. The molecule has 0 radical (unpaired) electrons. The van der Waals surface area contributed by atoms with Crippen molar-refractivity contribution in [3.8, 4) is 5.88 Å². The number of rotatable bonds is 5. The average molecular weight is 306 g/mol. The molecule has 0 fully saturated rings. The minimum atomic E-state index is -1.28. The lowest BCUT2D eigenvalue weighted by Gasteiger charge is -2.12. The van der Waals surface area contributed by atoms with Crippen molar-refractivity contribution in [3.63, 3.8) is 0 Å². The minimum Gasteiger partial charge on any atom is -0.481 e. The molecule has 0 unspecified atom stereocenters. The SMILES string of the molecule is CCc1nc(OC(=O)CC(=O)O)c(Cl)c(CC)c1Cl. The largest absolute Gasteiger partial charge is 0.481 e. The zero-order chi connectivity index (χ0) is 14.6. The first-order valence-electron chi connectivity index (χ1n) is 5.69. The van der Waals surface area contributed by atoms with E-state index in [0.29, 0.717) is 29.1 Å². The van der Waals surface area contributed by atoms with Gasteiger partial charge in [-0.3, -0.25) is 9.59 Å². The summed E-state index contributed by atoms with van der Waals surface area (Å²) in [7, 11) is 0. The number of carbonyl (C=O) groups excluding carboxylic acids is 1. The van der Waals surface area contributed by atoms with Gasteiger partial charge in [0.05, 0.1) is 10.7 Å². The van der Waals surface area contributed by atoms with Crippen molar-refractivity contribution in [2.45, 2.75) is 33.1 Å². The van der Waals surface area contributed by atoms with Crippen molar-refractivity contribution in [2.75, 3.05) is 0 Å². The van der Waals surface area contributed by atoms with Gasteiger partial charge in [-0.1, -0.05) is 37.0 Å². The summed E-state index contributed by atoms with van der Waals surface area (Å²) in [4.78, 5) is 25.8. The summed E-state index contributed by atoms with van der Waals surface area (Å²) in [5.41, 5.74) is 1.19. The van der Waals surface area contributed by atoms with Crippen LogP contribution in [0.15, 0.2) is 0 Å². The summed E-state index contributed by atoms with van der Waals surface area (Å²) in [6.07, 6.45) is 0.354. The van der Waals surface area contributed by atoms with Crippen LogP contribution in [0.25, 0.3) is 0 Å². The molecule has 1 aromatic heterocycles. The van der Waals surface area contributed by atoms with E-state index in [0.717, 1.165) is 0 Å². The highest BCUT2D eigenvalue weighted by molar-refractivity contribution is 6.37. The van der Waals surface area contributed by atoms with E-state index in [1.807, 2.05) is 13.8 Å². The van der Waals surface area contributed by atoms with Crippen molar-refractivity contribution >= 4 is 35.1 Å². The highest BCUT2D eigenvalue weighted by atomic mass is 35.5. The first-order valence-corrected chi connectivity index (χ1v) is 6.45. The number of aryl methyl sites for hydroxylation is 1. The molecule has 0 bridgehead atoms. The molecule has 0 spiro atoms. The summed E-state index contributed by atoms with van der Waals surface area (Å²) in [6, 6.07) is 0. The first-order chi connectivity index (χ1) is 8.90. The predicted octanol–water partition coefficient (Wildman–Crippen LogP) is 2.89. The smallest absolute Gasteiger partial charge is 0.323 e. The Labute approximate surface area is 120 Å². The monoisotopic (exact) mass is 305 g/mol. The second-order valence-electron chi connectivity index (χ2n) is 3.72. The summed E-state index contributed by atoms with van der Waals surface area (Å²) in [5, 5.41) is 9.10. The molecule has 0 aromatic carbocycles. The van der Waals surface area contributed by atoms with Gasteiger partial charge in [0.1, 0.15) is 11.4 Å². The standard InChI is InChI=1S/C12H13Cl2NO4/c1-3-6-10(13)7(4-2)15-12(11(6)14)19-9(18)5-8(16)17/h3-5H2,1-2H3,(H,16,17). The molecule has 0 aliphatic heterocycles. The number of aromatic nitrogens is 1. The molecule has 1 rings (SSSR count). The molecule has 0 amide bonds. The van der Waals surface area contributed by atoms with Crippen molar-refractivity contribution in [1.82, 2.24) is 4.98 Å². The molecule has 1 heterocycles. The third-order valence-electron chi connectivity index (χ3n) is 2.40. The van der Waals surface area contributed by atoms with Gasteiger partial charge >= 0.3 is 11.9 Å². The van der Waals surface area contributed by atoms with E-state index in [4.69, 9.17) is 33.0 Å². The molecule has 1 N–H and O–H groups in total. The Hall–Kier alpha value is -1.33. The number of hydrogen-bond acceptors (Lipinski definition) is 4. The number of esters is 1. The zero-order valence-corrected chi connectivity index (χ0v) is 12.0. The van der Waals surface area contributed by atoms with E-state index in [9.17, 15) is 9.59 Å². The molecule has 0 aliphatic rings. The quantitative estimate of drug-likeness (QED) is 0.668. The Kier molecular flexibility index (Phi) is 5.57.